The Morgan fingerprint density at radius 3 is 2.88 bits per heavy atom. The zero-order chi connectivity index (χ0) is 16.4. The summed E-state index contributed by atoms with van der Waals surface area (Å²) in [7, 11) is 1.97. The van der Waals surface area contributed by atoms with Crippen LogP contribution in [-0.2, 0) is 7.05 Å². The number of hydrogen-bond donors (Lipinski definition) is 1. The zero-order valence-corrected chi connectivity index (χ0v) is 15.8. The van der Waals surface area contributed by atoms with Crippen LogP contribution in [0, 0.1) is 6.92 Å². The van der Waals surface area contributed by atoms with E-state index in [2.05, 4.69) is 16.4 Å². The van der Waals surface area contributed by atoms with Crippen molar-refractivity contribution in [1.29, 1.82) is 0 Å². The molecule has 0 aliphatic carbocycles. The number of thioether (sulfide) groups is 1. The number of aryl methyl sites for hydroxylation is 2. The third-order valence-electron chi connectivity index (χ3n) is 4.34. The minimum absolute atomic E-state index is 0. The number of aromatic nitrogens is 2. The molecule has 0 spiro atoms. The second-order valence-electron chi connectivity index (χ2n) is 5.80. The van der Waals surface area contributed by atoms with Gasteiger partial charge in [-0.2, -0.15) is 0 Å². The molecule has 1 unspecified atom stereocenters. The van der Waals surface area contributed by atoms with E-state index in [1.165, 1.54) is 0 Å². The lowest BCUT2D eigenvalue weighted by Gasteiger charge is -2.36. The summed E-state index contributed by atoms with van der Waals surface area (Å²) in [6, 6.07) is 6.05. The largest absolute Gasteiger partial charge is 0.336 e. The molecular formula is C17H23ClN4OS. The van der Waals surface area contributed by atoms with Crippen molar-refractivity contribution in [2.24, 2.45) is 7.05 Å². The van der Waals surface area contributed by atoms with Crippen LogP contribution in [0.4, 0.5) is 0 Å². The van der Waals surface area contributed by atoms with Gasteiger partial charge in [0.1, 0.15) is 11.9 Å². The molecule has 0 saturated carbocycles. The van der Waals surface area contributed by atoms with Crippen molar-refractivity contribution in [2.75, 3.05) is 25.9 Å². The summed E-state index contributed by atoms with van der Waals surface area (Å²) in [5.74, 6) is 1.01. The third kappa shape index (κ3) is 3.61. The molecule has 3 rings (SSSR count). The van der Waals surface area contributed by atoms with Crippen LogP contribution < -0.4 is 5.32 Å². The van der Waals surface area contributed by atoms with Gasteiger partial charge in [-0.05, 0) is 30.9 Å². The van der Waals surface area contributed by atoms with Gasteiger partial charge in [0.15, 0.2) is 0 Å². The van der Waals surface area contributed by atoms with Crippen LogP contribution in [0.5, 0.6) is 0 Å². The first-order valence-electron chi connectivity index (χ1n) is 7.75. The average Bonchev–Trinajstić information content (AvgIpc) is 3.00. The molecule has 5 nitrogen and oxygen atoms in total. The highest BCUT2D eigenvalue weighted by Crippen LogP contribution is 2.26. The normalized spacial score (nSPS) is 17.5. The molecule has 1 N–H and O–H groups in total. The fourth-order valence-corrected chi connectivity index (χ4v) is 3.43. The highest BCUT2D eigenvalue weighted by Gasteiger charge is 2.31. The number of nitrogens with zero attached hydrogens (tertiary/aromatic N) is 3. The maximum absolute atomic E-state index is 13.2. The van der Waals surface area contributed by atoms with E-state index in [4.69, 9.17) is 0 Å². The van der Waals surface area contributed by atoms with Gasteiger partial charge < -0.3 is 14.8 Å². The first-order chi connectivity index (χ1) is 11.1. The van der Waals surface area contributed by atoms with Crippen LogP contribution in [0.15, 0.2) is 35.5 Å². The Hall–Kier alpha value is -1.50. The molecule has 24 heavy (non-hydrogen) atoms. The molecule has 2 aromatic rings. The summed E-state index contributed by atoms with van der Waals surface area (Å²) in [6.45, 7) is 4.24. The second-order valence-corrected chi connectivity index (χ2v) is 6.68. The number of rotatable bonds is 3. The van der Waals surface area contributed by atoms with Gasteiger partial charge in [-0.3, -0.25) is 4.79 Å². The maximum Gasteiger partial charge on any atom is 0.254 e. The monoisotopic (exact) mass is 366 g/mol. The van der Waals surface area contributed by atoms with Crippen LogP contribution in [0.3, 0.4) is 0 Å². The van der Waals surface area contributed by atoms with Crippen molar-refractivity contribution >= 4 is 30.1 Å². The van der Waals surface area contributed by atoms with Gasteiger partial charge in [-0.25, -0.2) is 4.98 Å². The Labute approximate surface area is 153 Å². The van der Waals surface area contributed by atoms with E-state index in [-0.39, 0.29) is 24.4 Å². The molecule has 1 saturated heterocycles. The predicted octanol–water partition coefficient (Wildman–Crippen LogP) is 2.66. The van der Waals surface area contributed by atoms with Crippen molar-refractivity contribution in [3.63, 3.8) is 0 Å². The minimum Gasteiger partial charge on any atom is -0.336 e. The summed E-state index contributed by atoms with van der Waals surface area (Å²) in [5, 5.41) is 3.37. The molecule has 0 radical (unpaired) electrons. The zero-order valence-electron chi connectivity index (χ0n) is 14.2. The summed E-state index contributed by atoms with van der Waals surface area (Å²) in [6.07, 6.45) is 5.73. The standard InChI is InChI=1S/C17H22N4OS.ClH/c1-12-4-5-13(23-3)10-14(12)17(22)21-9-6-18-11-15(21)16-19-7-8-20(16)2;/h4-5,7-8,10,15,18H,6,9,11H2,1-3H3;1H. The smallest absolute Gasteiger partial charge is 0.254 e. The topological polar surface area (TPSA) is 50.2 Å². The lowest BCUT2D eigenvalue weighted by molar-refractivity contribution is 0.0620. The van der Waals surface area contributed by atoms with E-state index in [1.54, 1.807) is 18.0 Å². The first kappa shape index (κ1) is 18.8. The molecular weight excluding hydrogens is 344 g/mol. The quantitative estimate of drug-likeness (QED) is 0.848. The van der Waals surface area contributed by atoms with Gasteiger partial charge in [0.2, 0.25) is 0 Å². The summed E-state index contributed by atoms with van der Waals surface area (Å²) >= 11 is 1.66. The molecule has 1 amide bonds. The van der Waals surface area contributed by atoms with E-state index in [9.17, 15) is 4.79 Å². The van der Waals surface area contributed by atoms with E-state index >= 15 is 0 Å². The number of hydrogen-bond acceptors (Lipinski definition) is 4. The lowest BCUT2D eigenvalue weighted by atomic mass is 10.1. The van der Waals surface area contributed by atoms with Crippen molar-refractivity contribution in [2.45, 2.75) is 17.9 Å². The number of benzene rings is 1. The average molecular weight is 367 g/mol. The molecule has 130 valence electrons. The first-order valence-corrected chi connectivity index (χ1v) is 8.98. The van der Waals surface area contributed by atoms with Crippen molar-refractivity contribution in [3.05, 3.63) is 47.5 Å². The van der Waals surface area contributed by atoms with Crippen LogP contribution in [-0.4, -0.2) is 46.2 Å². The molecule has 1 aromatic heterocycles. The minimum atomic E-state index is -0.0337. The highest BCUT2D eigenvalue weighted by molar-refractivity contribution is 7.98. The van der Waals surface area contributed by atoms with Crippen LogP contribution >= 0.6 is 24.2 Å². The number of imidazole rings is 1. The number of piperazine rings is 1. The van der Waals surface area contributed by atoms with Gasteiger partial charge in [0.25, 0.3) is 5.91 Å². The fourth-order valence-electron chi connectivity index (χ4n) is 2.99. The van der Waals surface area contributed by atoms with E-state index in [1.807, 2.05) is 48.0 Å². The molecule has 7 heteroatoms. The van der Waals surface area contributed by atoms with Crippen molar-refractivity contribution in [1.82, 2.24) is 19.8 Å². The van der Waals surface area contributed by atoms with Gasteiger partial charge in [-0.1, -0.05) is 6.07 Å². The van der Waals surface area contributed by atoms with Gasteiger partial charge in [-0.15, -0.1) is 24.2 Å². The van der Waals surface area contributed by atoms with Crippen LogP contribution in [0.25, 0.3) is 0 Å². The van der Waals surface area contributed by atoms with Crippen molar-refractivity contribution in [3.8, 4) is 0 Å². The molecule has 1 aliphatic heterocycles. The SMILES string of the molecule is CSc1ccc(C)c(C(=O)N2CCNCC2c2nccn2C)c1.Cl. The van der Waals surface area contributed by atoms with E-state index in [0.717, 1.165) is 34.9 Å². The second kappa shape index (κ2) is 8.05. The van der Waals surface area contributed by atoms with E-state index in [0.29, 0.717) is 6.54 Å². The number of nitrogens with one attached hydrogen (secondary N) is 1. The number of carbonyl (C=O) groups excluding carboxylic acids is 1. The van der Waals surface area contributed by atoms with Crippen molar-refractivity contribution < 1.29 is 4.79 Å². The molecule has 1 aromatic carbocycles. The number of amides is 1. The summed E-state index contributed by atoms with van der Waals surface area (Å²) < 4.78 is 1.99. The Morgan fingerprint density at radius 1 is 1.42 bits per heavy atom. The molecule has 0 bridgehead atoms. The Bertz CT molecular complexity index is 718. The molecule has 1 fully saturated rings. The van der Waals surface area contributed by atoms with Gasteiger partial charge in [0.05, 0.1) is 0 Å². The molecule has 1 atom stereocenters. The summed E-state index contributed by atoms with van der Waals surface area (Å²) in [4.78, 5) is 20.7. The number of halogens is 1. The molecule has 1 aliphatic rings. The lowest BCUT2D eigenvalue weighted by Crippen LogP contribution is -2.49. The predicted molar refractivity (Wildman–Crippen MR) is 100 cm³/mol. The highest BCUT2D eigenvalue weighted by atomic mass is 35.5. The van der Waals surface area contributed by atoms with Gasteiger partial charge >= 0.3 is 0 Å². The Kier molecular flexibility index (Phi) is 6.32. The van der Waals surface area contributed by atoms with E-state index < -0.39 is 0 Å². The van der Waals surface area contributed by atoms with Gasteiger partial charge in [0, 0.05) is 49.5 Å². The summed E-state index contributed by atoms with van der Waals surface area (Å²) in [5.41, 5.74) is 1.81. The Morgan fingerprint density at radius 2 is 2.21 bits per heavy atom. The Balaban J connectivity index is 0.00000208. The maximum atomic E-state index is 13.2. The van der Waals surface area contributed by atoms with Crippen LogP contribution in [0.1, 0.15) is 27.8 Å². The van der Waals surface area contributed by atoms with Crippen LogP contribution in [0.2, 0.25) is 0 Å². The molecule has 2 heterocycles. The fraction of sp³-hybridized carbons (Fsp3) is 0.412. The third-order valence-corrected chi connectivity index (χ3v) is 5.06. The number of carbonyl (C=O) groups is 1.